The minimum atomic E-state index is -0.384. The van der Waals surface area contributed by atoms with Crippen LogP contribution in [0.3, 0.4) is 0 Å². The summed E-state index contributed by atoms with van der Waals surface area (Å²) in [6.07, 6.45) is 3.12. The van der Waals surface area contributed by atoms with Crippen LogP contribution in [0, 0.1) is 0 Å². The third-order valence-electron chi connectivity index (χ3n) is 4.02. The van der Waals surface area contributed by atoms with Crippen molar-refractivity contribution in [2.75, 3.05) is 13.2 Å². The van der Waals surface area contributed by atoms with Crippen LogP contribution < -0.4 is 4.74 Å². The second kappa shape index (κ2) is 5.93. The van der Waals surface area contributed by atoms with Crippen molar-refractivity contribution < 1.29 is 19.1 Å². The summed E-state index contributed by atoms with van der Waals surface area (Å²) in [5.41, 5.74) is 2.04. The van der Waals surface area contributed by atoms with Gasteiger partial charge in [0.25, 0.3) is 11.8 Å². The molecule has 116 valence electrons. The van der Waals surface area contributed by atoms with E-state index in [0.29, 0.717) is 19.6 Å². The molecule has 2 amide bonds. The summed E-state index contributed by atoms with van der Waals surface area (Å²) in [5.74, 6) is 0.180. The Labute approximate surface area is 129 Å². The minimum Gasteiger partial charge on any atom is -0.494 e. The molecule has 1 aromatic carbocycles. The summed E-state index contributed by atoms with van der Waals surface area (Å²) in [6.45, 7) is 4.95. The first-order valence-electron chi connectivity index (χ1n) is 7.58. The number of benzene rings is 1. The second-order valence-electron chi connectivity index (χ2n) is 5.32. The van der Waals surface area contributed by atoms with Crippen molar-refractivity contribution >= 4 is 11.8 Å². The van der Waals surface area contributed by atoms with Crippen LogP contribution in [-0.2, 0) is 20.7 Å². The molecule has 2 aliphatic rings. The zero-order valence-electron chi connectivity index (χ0n) is 12.7. The maximum absolute atomic E-state index is 12.1. The van der Waals surface area contributed by atoms with E-state index in [1.165, 1.54) is 17.1 Å². The van der Waals surface area contributed by atoms with Gasteiger partial charge >= 0.3 is 0 Å². The van der Waals surface area contributed by atoms with Gasteiger partial charge in [0.15, 0.2) is 0 Å². The molecule has 5 heteroatoms. The number of ether oxygens (including phenoxy) is 2. The Morgan fingerprint density at radius 2 is 1.86 bits per heavy atom. The molecule has 0 bridgehead atoms. The number of hydrogen-bond acceptors (Lipinski definition) is 4. The zero-order chi connectivity index (χ0) is 15.7. The Bertz CT molecular complexity index is 620. The number of imide groups is 1. The highest BCUT2D eigenvalue weighted by molar-refractivity contribution is 6.13. The summed E-state index contributed by atoms with van der Waals surface area (Å²) < 4.78 is 11.3. The molecule has 2 atom stereocenters. The van der Waals surface area contributed by atoms with E-state index in [4.69, 9.17) is 9.47 Å². The Hall–Kier alpha value is -2.14. The van der Waals surface area contributed by atoms with Crippen molar-refractivity contribution in [2.45, 2.75) is 32.4 Å². The summed E-state index contributed by atoms with van der Waals surface area (Å²) in [4.78, 5) is 25.4. The SMILES string of the molecule is CCOc1ccc2c(c1)[C@H](N1C(=O)C=CC1=O)[C@@H](OCC)C2. The van der Waals surface area contributed by atoms with E-state index in [1.807, 2.05) is 32.0 Å². The highest BCUT2D eigenvalue weighted by Gasteiger charge is 2.43. The van der Waals surface area contributed by atoms with Gasteiger partial charge in [0, 0.05) is 25.2 Å². The molecule has 3 rings (SSSR count). The van der Waals surface area contributed by atoms with Gasteiger partial charge in [-0.15, -0.1) is 0 Å². The van der Waals surface area contributed by atoms with E-state index in [2.05, 4.69) is 0 Å². The molecule has 0 radical (unpaired) electrons. The second-order valence-corrected chi connectivity index (χ2v) is 5.32. The molecule has 1 aliphatic carbocycles. The van der Waals surface area contributed by atoms with Crippen LogP contribution in [-0.4, -0.2) is 36.0 Å². The molecular formula is C17H19NO4. The smallest absolute Gasteiger partial charge is 0.254 e. The first-order valence-corrected chi connectivity index (χ1v) is 7.58. The molecule has 1 aliphatic heterocycles. The van der Waals surface area contributed by atoms with E-state index in [9.17, 15) is 9.59 Å². The van der Waals surface area contributed by atoms with Crippen LogP contribution in [0.2, 0.25) is 0 Å². The molecule has 0 N–H and O–H groups in total. The molecule has 1 aromatic rings. The van der Waals surface area contributed by atoms with E-state index >= 15 is 0 Å². The highest BCUT2D eigenvalue weighted by atomic mass is 16.5. The molecule has 0 unspecified atom stereocenters. The van der Waals surface area contributed by atoms with E-state index in [-0.39, 0.29) is 24.0 Å². The van der Waals surface area contributed by atoms with Gasteiger partial charge in [0.05, 0.1) is 18.8 Å². The number of rotatable bonds is 5. The van der Waals surface area contributed by atoms with Gasteiger partial charge in [-0.3, -0.25) is 14.5 Å². The largest absolute Gasteiger partial charge is 0.494 e. The van der Waals surface area contributed by atoms with E-state index in [1.54, 1.807) is 0 Å². The predicted octanol–water partition coefficient (Wildman–Crippen LogP) is 2.01. The molecular weight excluding hydrogens is 282 g/mol. The number of carbonyl (C=O) groups is 2. The molecule has 0 fully saturated rings. The van der Waals surface area contributed by atoms with Crippen LogP contribution in [0.1, 0.15) is 31.0 Å². The lowest BCUT2D eigenvalue weighted by Gasteiger charge is -2.28. The number of amides is 2. The van der Waals surface area contributed by atoms with Gasteiger partial charge in [0.2, 0.25) is 0 Å². The van der Waals surface area contributed by atoms with E-state index in [0.717, 1.165) is 16.9 Å². The average molecular weight is 301 g/mol. The fourth-order valence-corrected chi connectivity index (χ4v) is 3.17. The fourth-order valence-electron chi connectivity index (χ4n) is 3.17. The maximum Gasteiger partial charge on any atom is 0.254 e. The highest BCUT2D eigenvalue weighted by Crippen LogP contribution is 2.40. The maximum atomic E-state index is 12.1. The van der Waals surface area contributed by atoms with Gasteiger partial charge in [-0.25, -0.2) is 0 Å². The Kier molecular flexibility index (Phi) is 3.98. The van der Waals surface area contributed by atoms with Crippen LogP contribution in [0.25, 0.3) is 0 Å². The number of fused-ring (bicyclic) bond motifs is 1. The van der Waals surface area contributed by atoms with Crippen molar-refractivity contribution in [1.29, 1.82) is 0 Å². The minimum absolute atomic E-state index is 0.204. The lowest BCUT2D eigenvalue weighted by Crippen LogP contribution is -2.39. The Morgan fingerprint density at radius 3 is 2.50 bits per heavy atom. The lowest BCUT2D eigenvalue weighted by atomic mass is 10.1. The van der Waals surface area contributed by atoms with Gasteiger partial charge < -0.3 is 9.47 Å². The molecule has 1 heterocycles. The Balaban J connectivity index is 2.00. The lowest BCUT2D eigenvalue weighted by molar-refractivity contribution is -0.143. The van der Waals surface area contributed by atoms with Crippen molar-refractivity contribution in [3.8, 4) is 5.75 Å². The van der Waals surface area contributed by atoms with Crippen molar-refractivity contribution in [1.82, 2.24) is 4.90 Å². The Morgan fingerprint density at radius 1 is 1.14 bits per heavy atom. The first-order chi connectivity index (χ1) is 10.7. The van der Waals surface area contributed by atoms with Crippen molar-refractivity contribution in [2.24, 2.45) is 0 Å². The molecule has 22 heavy (non-hydrogen) atoms. The van der Waals surface area contributed by atoms with Crippen LogP contribution in [0.15, 0.2) is 30.4 Å². The molecule has 0 saturated carbocycles. The topological polar surface area (TPSA) is 55.8 Å². The van der Waals surface area contributed by atoms with Gasteiger partial charge in [-0.2, -0.15) is 0 Å². The zero-order valence-corrected chi connectivity index (χ0v) is 12.7. The number of nitrogens with zero attached hydrogens (tertiary/aromatic N) is 1. The van der Waals surface area contributed by atoms with Crippen LogP contribution >= 0.6 is 0 Å². The van der Waals surface area contributed by atoms with E-state index < -0.39 is 0 Å². The number of carbonyl (C=O) groups excluding carboxylic acids is 2. The average Bonchev–Trinajstić information content (AvgIpc) is 3.00. The summed E-state index contributed by atoms with van der Waals surface area (Å²) >= 11 is 0. The monoisotopic (exact) mass is 301 g/mol. The standard InChI is InChI=1S/C17H19NO4/c1-3-21-12-6-5-11-9-14(22-4-2)17(13(11)10-12)18-15(19)7-8-16(18)20/h5-8,10,14,17H,3-4,9H2,1-2H3/t14-,17-/m0/s1. The van der Waals surface area contributed by atoms with Crippen molar-refractivity contribution in [3.63, 3.8) is 0 Å². The van der Waals surface area contributed by atoms with Crippen LogP contribution in [0.4, 0.5) is 0 Å². The third kappa shape index (κ3) is 2.41. The first kappa shape index (κ1) is 14.8. The molecule has 0 saturated heterocycles. The number of hydrogen-bond donors (Lipinski definition) is 0. The van der Waals surface area contributed by atoms with Gasteiger partial charge in [-0.1, -0.05) is 6.07 Å². The summed E-state index contributed by atoms with van der Waals surface area (Å²) in [6, 6.07) is 5.44. The molecule has 0 aromatic heterocycles. The summed E-state index contributed by atoms with van der Waals surface area (Å²) in [7, 11) is 0. The quantitative estimate of drug-likeness (QED) is 0.781. The normalized spacial score (nSPS) is 23.3. The van der Waals surface area contributed by atoms with Gasteiger partial charge in [-0.05, 0) is 37.1 Å². The molecule has 5 nitrogen and oxygen atoms in total. The molecule has 0 spiro atoms. The predicted molar refractivity (Wildman–Crippen MR) is 80.5 cm³/mol. The fraction of sp³-hybridized carbons (Fsp3) is 0.412. The van der Waals surface area contributed by atoms with Crippen LogP contribution in [0.5, 0.6) is 5.75 Å². The third-order valence-corrected chi connectivity index (χ3v) is 4.02. The summed E-state index contributed by atoms with van der Waals surface area (Å²) in [5, 5.41) is 0. The van der Waals surface area contributed by atoms with Gasteiger partial charge in [0.1, 0.15) is 5.75 Å². The van der Waals surface area contributed by atoms with Crippen molar-refractivity contribution in [3.05, 3.63) is 41.5 Å².